The molecule has 1 saturated heterocycles. The molecule has 2 aliphatic heterocycles. The number of amides is 1. The van der Waals surface area contributed by atoms with Gasteiger partial charge in [0.2, 0.25) is 12.7 Å². The fourth-order valence-electron chi connectivity index (χ4n) is 3.05. The Morgan fingerprint density at radius 3 is 2.83 bits per heavy atom. The van der Waals surface area contributed by atoms with Crippen molar-refractivity contribution in [2.45, 2.75) is 38.8 Å². The van der Waals surface area contributed by atoms with Crippen molar-refractivity contribution in [3.05, 3.63) is 18.2 Å². The number of carbonyl (C=O) groups excluding carboxylic acids is 1. The van der Waals surface area contributed by atoms with Gasteiger partial charge in [0.05, 0.1) is 12.1 Å². The summed E-state index contributed by atoms with van der Waals surface area (Å²) >= 11 is 0. The number of hydrogen-bond donors (Lipinski definition) is 1. The highest BCUT2D eigenvalue weighted by Gasteiger charge is 2.27. The van der Waals surface area contributed by atoms with Crippen LogP contribution in [0.4, 0.5) is 5.69 Å². The number of carbonyl (C=O) groups is 1. The number of nitrogens with one attached hydrogen (secondary N) is 1. The van der Waals surface area contributed by atoms with Crippen molar-refractivity contribution in [1.82, 2.24) is 4.90 Å². The van der Waals surface area contributed by atoms with E-state index in [-0.39, 0.29) is 18.7 Å². The number of benzene rings is 1. The topological polar surface area (TPSA) is 60.0 Å². The van der Waals surface area contributed by atoms with Crippen LogP contribution in [-0.4, -0.2) is 49.4 Å². The molecule has 1 aromatic rings. The Labute approximate surface area is 136 Å². The van der Waals surface area contributed by atoms with Crippen LogP contribution < -0.4 is 14.8 Å². The summed E-state index contributed by atoms with van der Waals surface area (Å²) in [5.74, 6) is 1.39. The van der Waals surface area contributed by atoms with Gasteiger partial charge < -0.3 is 19.5 Å². The molecule has 3 rings (SSSR count). The molecule has 2 aliphatic rings. The molecule has 1 amide bonds. The van der Waals surface area contributed by atoms with Crippen molar-refractivity contribution in [2.75, 3.05) is 31.8 Å². The molecule has 2 heterocycles. The number of anilines is 1. The molecule has 0 aliphatic carbocycles. The fourth-order valence-corrected chi connectivity index (χ4v) is 3.05. The minimum atomic E-state index is -0.164. The van der Waals surface area contributed by atoms with Crippen LogP contribution in [0.15, 0.2) is 18.2 Å². The van der Waals surface area contributed by atoms with Crippen molar-refractivity contribution in [2.24, 2.45) is 0 Å². The van der Waals surface area contributed by atoms with Crippen molar-refractivity contribution < 1.29 is 19.0 Å². The first-order chi connectivity index (χ1) is 11.2. The van der Waals surface area contributed by atoms with E-state index < -0.39 is 0 Å². The van der Waals surface area contributed by atoms with Gasteiger partial charge in [-0.05, 0) is 38.8 Å². The van der Waals surface area contributed by atoms with E-state index in [2.05, 4.69) is 10.2 Å². The molecular weight excluding hydrogens is 296 g/mol. The van der Waals surface area contributed by atoms with E-state index >= 15 is 0 Å². The zero-order chi connectivity index (χ0) is 16.2. The van der Waals surface area contributed by atoms with Crippen LogP contribution >= 0.6 is 0 Å². The predicted octanol–water partition coefficient (Wildman–Crippen LogP) is 2.24. The summed E-state index contributed by atoms with van der Waals surface area (Å²) in [6.07, 6.45) is 2.30. The molecule has 6 heteroatoms. The van der Waals surface area contributed by atoms with Crippen LogP contribution in [0.25, 0.3) is 0 Å². The molecule has 1 fully saturated rings. The Kier molecular flexibility index (Phi) is 5.03. The van der Waals surface area contributed by atoms with Crippen molar-refractivity contribution in [1.29, 1.82) is 0 Å². The lowest BCUT2D eigenvalue weighted by molar-refractivity contribution is -0.121. The fraction of sp³-hybridized carbons (Fsp3) is 0.588. The highest BCUT2D eigenvalue weighted by molar-refractivity contribution is 5.94. The van der Waals surface area contributed by atoms with E-state index in [1.54, 1.807) is 6.07 Å². The number of piperidine rings is 1. The monoisotopic (exact) mass is 320 g/mol. The highest BCUT2D eigenvalue weighted by atomic mass is 16.7. The van der Waals surface area contributed by atoms with Gasteiger partial charge >= 0.3 is 0 Å². The average molecular weight is 320 g/mol. The van der Waals surface area contributed by atoms with Gasteiger partial charge in [-0.25, -0.2) is 0 Å². The average Bonchev–Trinajstić information content (AvgIpc) is 3.03. The maximum absolute atomic E-state index is 12.5. The van der Waals surface area contributed by atoms with E-state index in [0.29, 0.717) is 17.6 Å². The zero-order valence-electron chi connectivity index (χ0n) is 13.7. The molecule has 6 nitrogen and oxygen atoms in total. The smallest absolute Gasteiger partial charge is 0.241 e. The van der Waals surface area contributed by atoms with Gasteiger partial charge in [-0.15, -0.1) is 0 Å². The number of rotatable bonds is 5. The lowest BCUT2D eigenvalue weighted by atomic mass is 10.1. The third-order valence-corrected chi connectivity index (χ3v) is 4.45. The summed E-state index contributed by atoms with van der Waals surface area (Å²) in [7, 11) is 0. The first-order valence-electron chi connectivity index (χ1n) is 8.23. The number of likely N-dealkylation sites (tertiary alicyclic amines) is 1. The molecular formula is C17H24N2O4. The summed E-state index contributed by atoms with van der Waals surface area (Å²) in [5, 5.41) is 2.96. The standard InChI is InChI=1S/C17H24N2O4/c1-3-21-14-6-8-19(9-7-14)12(2)17(20)18-13-4-5-15-16(10-13)23-11-22-15/h4-5,10,12,14H,3,6-9,11H2,1-2H3,(H,18,20)/t12-/m1/s1. The second-order valence-electron chi connectivity index (χ2n) is 5.92. The quantitative estimate of drug-likeness (QED) is 0.901. The Morgan fingerprint density at radius 2 is 2.09 bits per heavy atom. The maximum atomic E-state index is 12.5. The van der Waals surface area contributed by atoms with Gasteiger partial charge in [0.1, 0.15) is 0 Å². The molecule has 126 valence electrons. The molecule has 23 heavy (non-hydrogen) atoms. The van der Waals surface area contributed by atoms with Gasteiger partial charge in [-0.2, -0.15) is 0 Å². The van der Waals surface area contributed by atoms with Gasteiger partial charge in [-0.1, -0.05) is 0 Å². The maximum Gasteiger partial charge on any atom is 0.241 e. The minimum absolute atomic E-state index is 0.00118. The summed E-state index contributed by atoms with van der Waals surface area (Å²) < 4.78 is 16.3. The molecule has 1 aromatic carbocycles. The van der Waals surface area contributed by atoms with E-state index in [1.807, 2.05) is 26.0 Å². The Morgan fingerprint density at radius 1 is 1.35 bits per heavy atom. The Bertz CT molecular complexity index is 556. The molecule has 0 bridgehead atoms. The molecule has 0 unspecified atom stereocenters. The normalized spacial score (nSPS) is 19.6. The SMILES string of the molecule is CCOC1CCN([C@H](C)C(=O)Nc2ccc3c(c2)OCO3)CC1. The molecule has 0 radical (unpaired) electrons. The van der Waals surface area contributed by atoms with Crippen LogP contribution in [0.1, 0.15) is 26.7 Å². The van der Waals surface area contributed by atoms with Gasteiger partial charge in [0.15, 0.2) is 11.5 Å². The summed E-state index contributed by atoms with van der Waals surface area (Å²) in [6.45, 7) is 6.74. The second kappa shape index (κ2) is 7.19. The van der Waals surface area contributed by atoms with Crippen LogP contribution in [0.3, 0.4) is 0 Å². The molecule has 1 N–H and O–H groups in total. The third-order valence-electron chi connectivity index (χ3n) is 4.45. The van der Waals surface area contributed by atoms with E-state index in [4.69, 9.17) is 14.2 Å². The van der Waals surface area contributed by atoms with Crippen molar-refractivity contribution in [3.63, 3.8) is 0 Å². The number of hydrogen-bond acceptors (Lipinski definition) is 5. The minimum Gasteiger partial charge on any atom is -0.454 e. The first kappa shape index (κ1) is 16.1. The van der Waals surface area contributed by atoms with E-state index in [1.165, 1.54) is 0 Å². The van der Waals surface area contributed by atoms with Crippen LogP contribution in [0.5, 0.6) is 11.5 Å². The summed E-state index contributed by atoms with van der Waals surface area (Å²) in [5.41, 5.74) is 0.732. The second-order valence-corrected chi connectivity index (χ2v) is 5.92. The number of fused-ring (bicyclic) bond motifs is 1. The van der Waals surface area contributed by atoms with Gasteiger partial charge in [0, 0.05) is 31.5 Å². The predicted molar refractivity (Wildman–Crippen MR) is 86.9 cm³/mol. The first-order valence-corrected chi connectivity index (χ1v) is 8.23. The summed E-state index contributed by atoms with van der Waals surface area (Å²) in [6, 6.07) is 5.28. The number of nitrogens with zero attached hydrogens (tertiary/aromatic N) is 1. The number of ether oxygens (including phenoxy) is 3. The van der Waals surface area contributed by atoms with E-state index in [9.17, 15) is 4.79 Å². The molecule has 1 atom stereocenters. The van der Waals surface area contributed by atoms with Crippen molar-refractivity contribution in [3.8, 4) is 11.5 Å². The largest absolute Gasteiger partial charge is 0.454 e. The molecule has 0 saturated carbocycles. The van der Waals surface area contributed by atoms with E-state index in [0.717, 1.165) is 38.2 Å². The van der Waals surface area contributed by atoms with Gasteiger partial charge in [0.25, 0.3) is 0 Å². The highest BCUT2D eigenvalue weighted by Crippen LogP contribution is 2.34. The van der Waals surface area contributed by atoms with Crippen molar-refractivity contribution >= 4 is 11.6 Å². The third kappa shape index (κ3) is 3.76. The van der Waals surface area contributed by atoms with Crippen LogP contribution in [0.2, 0.25) is 0 Å². The summed E-state index contributed by atoms with van der Waals surface area (Å²) in [4.78, 5) is 14.7. The van der Waals surface area contributed by atoms with Crippen LogP contribution in [-0.2, 0) is 9.53 Å². The van der Waals surface area contributed by atoms with Crippen LogP contribution in [0, 0.1) is 0 Å². The van der Waals surface area contributed by atoms with Gasteiger partial charge in [-0.3, -0.25) is 9.69 Å². The lowest BCUT2D eigenvalue weighted by Gasteiger charge is -2.35. The lowest BCUT2D eigenvalue weighted by Crippen LogP contribution is -2.47. The Balaban J connectivity index is 1.54. The molecule has 0 spiro atoms. The Hall–Kier alpha value is -1.79. The zero-order valence-corrected chi connectivity index (χ0v) is 13.7. The molecule has 0 aromatic heterocycles.